The summed E-state index contributed by atoms with van der Waals surface area (Å²) in [4.78, 5) is 0. The smallest absolute Gasteiger partial charge is 0.0522 e. The fourth-order valence-corrected chi connectivity index (χ4v) is 0.993. The molecule has 1 heterocycles. The van der Waals surface area contributed by atoms with Crippen LogP contribution >= 0.6 is 15.9 Å². The van der Waals surface area contributed by atoms with Crippen LogP contribution in [0, 0.1) is 0 Å². The van der Waals surface area contributed by atoms with Crippen molar-refractivity contribution < 1.29 is 0 Å². The Labute approximate surface area is 62.8 Å². The SMILES string of the molecule is CC(CBr)c1cn[nH]c1. The maximum atomic E-state index is 3.85. The van der Waals surface area contributed by atoms with E-state index in [9.17, 15) is 0 Å². The van der Waals surface area contributed by atoms with Crippen LogP contribution < -0.4 is 0 Å². The number of H-pyrrole nitrogens is 1. The number of aromatic amines is 1. The summed E-state index contributed by atoms with van der Waals surface area (Å²) in [6, 6.07) is 0. The van der Waals surface area contributed by atoms with Gasteiger partial charge < -0.3 is 0 Å². The van der Waals surface area contributed by atoms with Gasteiger partial charge in [0.25, 0.3) is 0 Å². The lowest BCUT2D eigenvalue weighted by Crippen LogP contribution is -1.90. The predicted octanol–water partition coefficient (Wildman–Crippen LogP) is 1.91. The fraction of sp³-hybridized carbons (Fsp3) is 0.500. The van der Waals surface area contributed by atoms with E-state index in [0.717, 1.165) is 5.33 Å². The topological polar surface area (TPSA) is 28.7 Å². The van der Waals surface area contributed by atoms with Gasteiger partial charge in [-0.1, -0.05) is 22.9 Å². The quantitative estimate of drug-likeness (QED) is 0.707. The molecule has 0 aromatic carbocycles. The Morgan fingerprint density at radius 1 is 1.89 bits per heavy atom. The lowest BCUT2D eigenvalue weighted by molar-refractivity contribution is 0.889. The Balaban J connectivity index is 2.65. The molecule has 0 aliphatic heterocycles. The number of hydrogen-bond acceptors (Lipinski definition) is 1. The van der Waals surface area contributed by atoms with Gasteiger partial charge in [-0.15, -0.1) is 0 Å². The van der Waals surface area contributed by atoms with Crippen molar-refractivity contribution in [1.29, 1.82) is 0 Å². The summed E-state index contributed by atoms with van der Waals surface area (Å²) in [5.74, 6) is 0.559. The third kappa shape index (κ3) is 1.55. The lowest BCUT2D eigenvalue weighted by atomic mass is 10.1. The van der Waals surface area contributed by atoms with Crippen molar-refractivity contribution in [1.82, 2.24) is 10.2 Å². The van der Waals surface area contributed by atoms with Crippen LogP contribution in [-0.4, -0.2) is 15.5 Å². The number of nitrogens with zero attached hydrogens (tertiary/aromatic N) is 1. The highest BCUT2D eigenvalue weighted by Gasteiger charge is 2.02. The monoisotopic (exact) mass is 188 g/mol. The zero-order valence-corrected chi connectivity index (χ0v) is 6.85. The number of rotatable bonds is 2. The molecule has 9 heavy (non-hydrogen) atoms. The van der Waals surface area contributed by atoms with Gasteiger partial charge in [0.1, 0.15) is 0 Å². The van der Waals surface area contributed by atoms with Crippen LogP contribution in [0.25, 0.3) is 0 Å². The molecule has 0 bridgehead atoms. The maximum Gasteiger partial charge on any atom is 0.0522 e. The van der Waals surface area contributed by atoms with E-state index in [1.54, 1.807) is 0 Å². The zero-order chi connectivity index (χ0) is 6.69. The second-order valence-corrected chi connectivity index (χ2v) is 2.73. The molecule has 1 aromatic heterocycles. The van der Waals surface area contributed by atoms with E-state index < -0.39 is 0 Å². The average molecular weight is 189 g/mol. The third-order valence-electron chi connectivity index (χ3n) is 1.32. The molecule has 1 atom stereocenters. The third-order valence-corrected chi connectivity index (χ3v) is 2.29. The first-order chi connectivity index (χ1) is 4.34. The first-order valence-corrected chi connectivity index (χ1v) is 4.01. The molecule has 0 saturated carbocycles. The molecule has 0 aliphatic carbocycles. The Bertz CT molecular complexity index is 160. The Kier molecular flexibility index (Phi) is 2.28. The normalized spacial score (nSPS) is 13.6. The number of nitrogens with one attached hydrogen (secondary N) is 1. The molecule has 0 fully saturated rings. The van der Waals surface area contributed by atoms with Crippen molar-refractivity contribution in [2.24, 2.45) is 0 Å². The molecular weight excluding hydrogens is 180 g/mol. The van der Waals surface area contributed by atoms with Gasteiger partial charge in [-0.25, -0.2) is 0 Å². The van der Waals surface area contributed by atoms with Crippen molar-refractivity contribution in [3.8, 4) is 0 Å². The van der Waals surface area contributed by atoms with Gasteiger partial charge >= 0.3 is 0 Å². The molecule has 0 aliphatic rings. The summed E-state index contributed by atoms with van der Waals surface area (Å²) in [6.07, 6.45) is 3.78. The van der Waals surface area contributed by atoms with Gasteiger partial charge in [-0.05, 0) is 11.5 Å². The average Bonchev–Trinajstić information content (AvgIpc) is 2.37. The van der Waals surface area contributed by atoms with Crippen LogP contribution in [0.1, 0.15) is 18.4 Å². The lowest BCUT2D eigenvalue weighted by Gasteiger charge is -2.00. The van der Waals surface area contributed by atoms with E-state index in [0.29, 0.717) is 5.92 Å². The fourth-order valence-electron chi connectivity index (χ4n) is 0.619. The Morgan fingerprint density at radius 3 is 3.11 bits per heavy atom. The van der Waals surface area contributed by atoms with E-state index >= 15 is 0 Å². The highest BCUT2D eigenvalue weighted by Crippen LogP contribution is 2.14. The largest absolute Gasteiger partial charge is 0.285 e. The van der Waals surface area contributed by atoms with Gasteiger partial charge in [0, 0.05) is 11.5 Å². The van der Waals surface area contributed by atoms with Crippen molar-refractivity contribution in [3.63, 3.8) is 0 Å². The van der Waals surface area contributed by atoms with Gasteiger partial charge in [-0.2, -0.15) is 5.10 Å². The minimum atomic E-state index is 0.559. The molecule has 0 saturated heterocycles. The predicted molar refractivity (Wildman–Crippen MR) is 40.8 cm³/mol. The molecule has 0 radical (unpaired) electrons. The first kappa shape index (κ1) is 6.81. The van der Waals surface area contributed by atoms with Crippen LogP contribution in [0.4, 0.5) is 0 Å². The van der Waals surface area contributed by atoms with E-state index in [-0.39, 0.29) is 0 Å². The summed E-state index contributed by atoms with van der Waals surface area (Å²) >= 11 is 3.39. The molecule has 0 amide bonds. The Morgan fingerprint density at radius 2 is 2.67 bits per heavy atom. The minimum absolute atomic E-state index is 0.559. The number of halogens is 1. The first-order valence-electron chi connectivity index (χ1n) is 2.89. The molecule has 0 spiro atoms. The molecule has 2 nitrogen and oxygen atoms in total. The van der Waals surface area contributed by atoms with Gasteiger partial charge in [-0.3, -0.25) is 5.10 Å². The summed E-state index contributed by atoms with van der Waals surface area (Å²) in [6.45, 7) is 2.15. The summed E-state index contributed by atoms with van der Waals surface area (Å²) < 4.78 is 0. The van der Waals surface area contributed by atoms with Gasteiger partial charge in [0.15, 0.2) is 0 Å². The van der Waals surface area contributed by atoms with Crippen LogP contribution in [0.15, 0.2) is 12.4 Å². The van der Waals surface area contributed by atoms with Crippen molar-refractivity contribution in [2.75, 3.05) is 5.33 Å². The van der Waals surface area contributed by atoms with Crippen LogP contribution in [-0.2, 0) is 0 Å². The standard InChI is InChI=1S/C6H9BrN2/c1-5(2-7)6-3-8-9-4-6/h3-5H,2H2,1H3,(H,8,9). The van der Waals surface area contributed by atoms with Gasteiger partial charge in [0.05, 0.1) is 6.20 Å². The van der Waals surface area contributed by atoms with E-state index in [2.05, 4.69) is 33.1 Å². The molecule has 50 valence electrons. The van der Waals surface area contributed by atoms with Gasteiger partial charge in [0.2, 0.25) is 0 Å². The second kappa shape index (κ2) is 3.01. The molecule has 1 unspecified atom stereocenters. The summed E-state index contributed by atoms with van der Waals surface area (Å²) in [5.41, 5.74) is 1.26. The number of hydrogen-bond donors (Lipinski definition) is 1. The highest BCUT2D eigenvalue weighted by molar-refractivity contribution is 9.09. The van der Waals surface area contributed by atoms with Crippen LogP contribution in [0.3, 0.4) is 0 Å². The molecule has 1 aromatic rings. The van der Waals surface area contributed by atoms with Crippen molar-refractivity contribution >= 4 is 15.9 Å². The molecule has 3 heteroatoms. The van der Waals surface area contributed by atoms with Crippen LogP contribution in [0.2, 0.25) is 0 Å². The van der Waals surface area contributed by atoms with Crippen molar-refractivity contribution in [3.05, 3.63) is 18.0 Å². The van der Waals surface area contributed by atoms with E-state index in [1.165, 1.54) is 5.56 Å². The molecular formula is C6H9BrN2. The molecule has 1 rings (SSSR count). The maximum absolute atomic E-state index is 3.85. The van der Waals surface area contributed by atoms with Crippen LogP contribution in [0.5, 0.6) is 0 Å². The zero-order valence-electron chi connectivity index (χ0n) is 5.26. The second-order valence-electron chi connectivity index (χ2n) is 2.09. The summed E-state index contributed by atoms with van der Waals surface area (Å²) in [7, 11) is 0. The Hall–Kier alpha value is -0.310. The highest BCUT2D eigenvalue weighted by atomic mass is 79.9. The number of aromatic nitrogens is 2. The summed E-state index contributed by atoms with van der Waals surface area (Å²) in [5, 5.41) is 7.61. The van der Waals surface area contributed by atoms with E-state index in [1.807, 2.05) is 12.4 Å². The minimum Gasteiger partial charge on any atom is -0.285 e. The molecule has 1 N–H and O–H groups in total. The number of alkyl halides is 1. The van der Waals surface area contributed by atoms with Crippen molar-refractivity contribution in [2.45, 2.75) is 12.8 Å². The van der Waals surface area contributed by atoms with E-state index in [4.69, 9.17) is 0 Å².